The van der Waals surface area contributed by atoms with Gasteiger partial charge in [0.05, 0.1) is 16.4 Å². The molecule has 4 aromatic heterocycles. The van der Waals surface area contributed by atoms with Gasteiger partial charge in [0.2, 0.25) is 0 Å². The molecule has 0 aliphatic carbocycles. The number of anilines is 2. The highest BCUT2D eigenvalue weighted by molar-refractivity contribution is 7.26. The Morgan fingerprint density at radius 2 is 1.18 bits per heavy atom. The zero-order chi connectivity index (χ0) is 41.6. The fourth-order valence-electron chi connectivity index (χ4n) is 11.0. The largest absolute Gasteiger partial charge is 0.455 e. The molecule has 0 fully saturated rings. The molecule has 0 bridgehead atoms. The van der Waals surface area contributed by atoms with E-state index in [-0.39, 0.29) is 17.7 Å². The molecule has 2 aliphatic heterocycles. The summed E-state index contributed by atoms with van der Waals surface area (Å²) in [6.45, 7) is 13.8. The monoisotopic (exact) mass is 832 g/mol. The number of hydrogen-bond donors (Lipinski definition) is 0. The van der Waals surface area contributed by atoms with Crippen LogP contribution < -0.4 is 15.7 Å². The van der Waals surface area contributed by atoms with Crippen molar-refractivity contribution in [2.45, 2.75) is 52.4 Å². The molecule has 6 heteroatoms. The Morgan fingerprint density at radius 3 is 1.98 bits per heavy atom. The molecule has 0 saturated carbocycles. The van der Waals surface area contributed by atoms with Gasteiger partial charge >= 0.3 is 6.85 Å². The van der Waals surface area contributed by atoms with Crippen molar-refractivity contribution < 1.29 is 4.42 Å². The van der Waals surface area contributed by atoms with Crippen LogP contribution >= 0.6 is 22.7 Å². The smallest absolute Gasteiger partial charge is 0.333 e. The van der Waals surface area contributed by atoms with Crippen molar-refractivity contribution in [2.75, 3.05) is 4.81 Å². The van der Waals surface area contributed by atoms with Crippen LogP contribution in [0.25, 0.3) is 101 Å². The van der Waals surface area contributed by atoms with Crippen molar-refractivity contribution in [1.29, 1.82) is 0 Å². The molecule has 0 amide bonds. The minimum absolute atomic E-state index is 0.0411. The number of fused-ring (bicyclic) bond motifs is 18. The van der Waals surface area contributed by atoms with E-state index in [9.17, 15) is 0 Å². The van der Waals surface area contributed by atoms with Gasteiger partial charge in [-0.2, -0.15) is 0 Å². The average molecular weight is 833 g/mol. The van der Waals surface area contributed by atoms with E-state index < -0.39 is 0 Å². The van der Waals surface area contributed by atoms with Crippen LogP contribution in [-0.4, -0.2) is 11.4 Å². The summed E-state index contributed by atoms with van der Waals surface area (Å²) in [7, 11) is 0. The van der Waals surface area contributed by atoms with Crippen LogP contribution in [0.5, 0.6) is 0 Å². The molecule has 0 atom stereocenters. The van der Waals surface area contributed by atoms with E-state index in [4.69, 9.17) is 4.42 Å². The van der Waals surface area contributed by atoms with Gasteiger partial charge in [-0.05, 0) is 111 Å². The van der Waals surface area contributed by atoms with Crippen LogP contribution in [0.15, 0.2) is 144 Å². The highest BCUT2D eigenvalue weighted by atomic mass is 32.1. The Balaban J connectivity index is 1.16. The quantitative estimate of drug-likeness (QED) is 0.154. The average Bonchev–Trinajstić information content (AvgIpc) is 4.02. The summed E-state index contributed by atoms with van der Waals surface area (Å²) in [6, 6.07) is 53.5. The first-order valence-corrected chi connectivity index (χ1v) is 23.4. The molecule has 12 aromatic rings. The first kappa shape index (κ1) is 35.3. The molecule has 0 unspecified atom stereocenters. The lowest BCUT2D eigenvalue weighted by atomic mass is 9.44. The number of hydrogen-bond acceptors (Lipinski definition) is 4. The zero-order valence-corrected chi connectivity index (χ0v) is 37.1. The number of furan rings is 1. The third-order valence-corrected chi connectivity index (χ3v) is 16.4. The van der Waals surface area contributed by atoms with Crippen molar-refractivity contribution >= 4 is 136 Å². The van der Waals surface area contributed by atoms with Crippen LogP contribution in [0.3, 0.4) is 0 Å². The van der Waals surface area contributed by atoms with Crippen LogP contribution in [0.4, 0.5) is 11.4 Å². The van der Waals surface area contributed by atoms with Crippen molar-refractivity contribution in [2.24, 2.45) is 0 Å². The fraction of sp³-hybridized carbons (Fsp3) is 0.143. The summed E-state index contributed by atoms with van der Waals surface area (Å²) in [5, 5.41) is 10.0. The van der Waals surface area contributed by atoms with Crippen LogP contribution in [0.1, 0.15) is 52.7 Å². The van der Waals surface area contributed by atoms with Crippen LogP contribution in [0.2, 0.25) is 0 Å². The number of aromatic nitrogens is 1. The Morgan fingerprint density at radius 1 is 0.500 bits per heavy atom. The van der Waals surface area contributed by atoms with Crippen LogP contribution in [-0.2, 0) is 10.8 Å². The van der Waals surface area contributed by atoms with Crippen molar-refractivity contribution in [3.63, 3.8) is 0 Å². The lowest BCUT2D eigenvalue weighted by Gasteiger charge is -2.42. The predicted molar refractivity (Wildman–Crippen MR) is 270 cm³/mol. The van der Waals surface area contributed by atoms with Crippen molar-refractivity contribution in [3.05, 3.63) is 151 Å². The number of rotatable bonds is 1. The van der Waals surface area contributed by atoms with E-state index in [2.05, 4.69) is 190 Å². The first-order chi connectivity index (χ1) is 30.0. The Labute approximate surface area is 367 Å². The Hall–Kier alpha value is -6.34. The van der Waals surface area contributed by atoms with Crippen molar-refractivity contribution in [3.8, 4) is 16.8 Å². The topological polar surface area (TPSA) is 21.3 Å². The molecule has 2 aliphatic rings. The van der Waals surface area contributed by atoms with Gasteiger partial charge < -0.3 is 13.8 Å². The molecule has 296 valence electrons. The molecule has 0 N–H and O–H groups in total. The fourth-order valence-corrected chi connectivity index (χ4v) is 13.3. The van der Waals surface area contributed by atoms with E-state index in [1.54, 1.807) is 0 Å². The molecular weight excluding hydrogens is 792 g/mol. The molecule has 0 saturated heterocycles. The maximum Gasteiger partial charge on any atom is 0.333 e. The number of para-hydroxylation sites is 1. The second kappa shape index (κ2) is 11.8. The summed E-state index contributed by atoms with van der Waals surface area (Å²) < 4.78 is 14.8. The molecule has 6 heterocycles. The molecule has 3 nitrogen and oxygen atoms in total. The second-order valence-corrected chi connectivity index (χ2v) is 21.9. The number of benzene rings is 8. The van der Waals surface area contributed by atoms with Gasteiger partial charge in [0.15, 0.2) is 0 Å². The third kappa shape index (κ3) is 4.56. The molecular formula is C56H41BN2OS2. The molecule has 0 spiro atoms. The van der Waals surface area contributed by atoms with Gasteiger partial charge in [0, 0.05) is 79.1 Å². The van der Waals surface area contributed by atoms with Gasteiger partial charge in [-0.1, -0.05) is 108 Å². The molecule has 14 rings (SSSR count). The lowest BCUT2D eigenvalue weighted by molar-refractivity contribution is 0.590. The summed E-state index contributed by atoms with van der Waals surface area (Å²) in [4.78, 5) is 2.68. The number of thiophene rings is 2. The minimum Gasteiger partial charge on any atom is -0.455 e. The van der Waals surface area contributed by atoms with E-state index in [1.807, 2.05) is 22.7 Å². The Kier molecular flexibility index (Phi) is 6.70. The highest BCUT2D eigenvalue weighted by Gasteiger charge is 2.45. The third-order valence-electron chi connectivity index (χ3n) is 14.1. The van der Waals surface area contributed by atoms with Gasteiger partial charge in [-0.25, -0.2) is 0 Å². The van der Waals surface area contributed by atoms with E-state index in [0.29, 0.717) is 0 Å². The zero-order valence-electron chi connectivity index (χ0n) is 35.5. The van der Waals surface area contributed by atoms with Gasteiger partial charge in [-0.3, -0.25) is 0 Å². The van der Waals surface area contributed by atoms with Gasteiger partial charge in [0.25, 0.3) is 0 Å². The van der Waals surface area contributed by atoms with E-state index in [1.165, 1.54) is 112 Å². The van der Waals surface area contributed by atoms with Crippen LogP contribution in [0, 0.1) is 0 Å². The first-order valence-electron chi connectivity index (χ1n) is 21.8. The standard InChI is InChI=1S/C56H41BN2OS2/c1-55(2,3)30-15-18-32(19-16-30)59-44-29-50-40(39-25-31(56(4,5)6)17-24-48(39)62-50)26-38(44)35-20-21-37-51-43(23-22-36-33-11-7-9-13-46(33)60-54(36)51)58-45-27-41-34-12-8-10-14-47(34)61-49(41)28-42(45)57(59)52(35)53(37)58/h7-29H,1-6H3. The normalized spacial score (nSPS) is 13.9. The van der Waals surface area contributed by atoms with E-state index >= 15 is 0 Å². The highest BCUT2D eigenvalue weighted by Crippen LogP contribution is 2.51. The SMILES string of the molecule is CC(C)(C)c1ccc(N2B3c4cc5sc6ccccc6c5cc4-n4c5ccc6c7ccccc7oc6c5c5ccc(c3c54)-c3cc4c(cc32)sc2ccc(C(C)(C)C)cc24)cc1. The minimum atomic E-state index is -0.0754. The van der Waals surface area contributed by atoms with Gasteiger partial charge in [-0.15, -0.1) is 22.7 Å². The Bertz CT molecular complexity index is 3960. The predicted octanol–water partition coefficient (Wildman–Crippen LogP) is 15.3. The van der Waals surface area contributed by atoms with Crippen molar-refractivity contribution in [1.82, 2.24) is 4.57 Å². The molecule has 62 heavy (non-hydrogen) atoms. The summed E-state index contributed by atoms with van der Waals surface area (Å²) in [6.07, 6.45) is 0. The second-order valence-electron chi connectivity index (χ2n) is 19.7. The maximum absolute atomic E-state index is 6.87. The summed E-state index contributed by atoms with van der Waals surface area (Å²) >= 11 is 3.82. The maximum atomic E-state index is 6.87. The molecule has 8 aromatic carbocycles. The lowest BCUT2D eigenvalue weighted by Crippen LogP contribution is -2.60. The number of nitrogens with zero attached hydrogens (tertiary/aromatic N) is 2. The van der Waals surface area contributed by atoms with E-state index in [0.717, 1.165) is 21.9 Å². The van der Waals surface area contributed by atoms with Gasteiger partial charge in [0.1, 0.15) is 11.2 Å². The summed E-state index contributed by atoms with van der Waals surface area (Å²) in [5.41, 5.74) is 16.1. The molecule has 0 radical (unpaired) electrons. The summed E-state index contributed by atoms with van der Waals surface area (Å²) in [5.74, 6) is 0.